The van der Waals surface area contributed by atoms with Crippen LogP contribution < -0.4 is 10.2 Å². The van der Waals surface area contributed by atoms with Crippen molar-refractivity contribution in [1.82, 2.24) is 0 Å². The molecule has 0 radical (unpaired) electrons. The van der Waals surface area contributed by atoms with Crippen LogP contribution in [-0.4, -0.2) is 24.0 Å². The summed E-state index contributed by atoms with van der Waals surface area (Å²) in [5.74, 6) is 1.25. The first-order valence-electron chi connectivity index (χ1n) is 13.0. The fraction of sp³-hybridized carbons (Fsp3) is 0.323. The minimum Gasteiger partial charge on any atom is -0.482 e. The summed E-state index contributed by atoms with van der Waals surface area (Å²) in [6.45, 7) is -0.152. The molecule has 0 saturated heterocycles. The van der Waals surface area contributed by atoms with Gasteiger partial charge in [-0.3, -0.25) is 9.59 Å². The number of carbonyl (C=O) groups excluding carboxylic acids is 2. The second kappa shape index (κ2) is 8.52. The molecule has 0 N–H and O–H groups in total. The molecule has 0 spiro atoms. The van der Waals surface area contributed by atoms with Gasteiger partial charge in [0.1, 0.15) is 17.1 Å². The lowest BCUT2D eigenvalue weighted by Crippen LogP contribution is -2.57. The van der Waals surface area contributed by atoms with Gasteiger partial charge in [-0.2, -0.15) is 0 Å². The van der Waals surface area contributed by atoms with Crippen LogP contribution in [0.25, 0.3) is 25.1 Å². The lowest BCUT2D eigenvalue weighted by Gasteiger charge is -2.54. The molecular weight excluding hydrogens is 484 g/mol. The van der Waals surface area contributed by atoms with Crippen molar-refractivity contribution in [3.05, 3.63) is 83.0 Å². The van der Waals surface area contributed by atoms with Crippen molar-refractivity contribution in [3.8, 4) is 10.6 Å². The molecule has 4 bridgehead atoms. The number of carbonyl (C=O) groups is 2. The van der Waals surface area contributed by atoms with Crippen LogP contribution in [0.5, 0.6) is 5.75 Å². The number of ketones is 1. The summed E-state index contributed by atoms with van der Waals surface area (Å²) in [5, 5.41) is 1.50. The molecule has 0 aliphatic heterocycles. The summed E-state index contributed by atoms with van der Waals surface area (Å²) < 4.78 is 13.8. The highest BCUT2D eigenvalue weighted by Crippen LogP contribution is 2.55. The maximum absolute atomic E-state index is 13.1. The molecule has 4 aliphatic rings. The number of benzene rings is 3. The fourth-order valence-corrected chi connectivity index (χ4v) is 9.41. The molecule has 37 heavy (non-hydrogen) atoms. The predicted molar refractivity (Wildman–Crippen MR) is 144 cm³/mol. The van der Waals surface area contributed by atoms with Crippen molar-refractivity contribution in [2.45, 2.75) is 37.7 Å². The molecule has 4 saturated carbocycles. The van der Waals surface area contributed by atoms with Gasteiger partial charge < -0.3 is 9.47 Å². The number of fused-ring (bicyclic) bond motifs is 2. The van der Waals surface area contributed by atoms with Crippen LogP contribution in [0.2, 0.25) is 0 Å². The normalized spacial score (nSPS) is 26.1. The topological polar surface area (TPSA) is 69.7 Å². The highest BCUT2D eigenvalue weighted by molar-refractivity contribution is 7.49. The van der Waals surface area contributed by atoms with Crippen LogP contribution in [0, 0.1) is 17.8 Å². The Kier molecular flexibility index (Phi) is 5.22. The molecule has 1 aromatic heterocycles. The van der Waals surface area contributed by atoms with Crippen molar-refractivity contribution in [2.75, 3.05) is 6.61 Å². The molecule has 0 amide bonds. The summed E-state index contributed by atoms with van der Waals surface area (Å²) in [5.41, 5.74) is -0.411. The highest BCUT2D eigenvalue weighted by Gasteiger charge is 2.57. The zero-order valence-electron chi connectivity index (χ0n) is 20.4. The van der Waals surface area contributed by atoms with Crippen molar-refractivity contribution in [3.63, 3.8) is 0 Å². The molecule has 186 valence electrons. The highest BCUT2D eigenvalue weighted by atomic mass is 32.2. The summed E-state index contributed by atoms with van der Waals surface area (Å²) in [4.78, 5) is 39.3. The van der Waals surface area contributed by atoms with Gasteiger partial charge in [-0.1, -0.05) is 24.3 Å². The molecule has 1 heterocycles. The van der Waals surface area contributed by atoms with E-state index in [4.69, 9.17) is 9.47 Å². The summed E-state index contributed by atoms with van der Waals surface area (Å²) in [6, 6.07) is 23.4. The van der Waals surface area contributed by atoms with Gasteiger partial charge in [-0.25, -0.2) is 4.79 Å². The number of hydrogen-bond acceptors (Lipinski definition) is 5. The Morgan fingerprint density at radius 1 is 0.811 bits per heavy atom. The standard InChI is InChI=1S/C31H27O5S/c32-28(36-31-15-19-13-20(16-31)29(33)21(14-19)17-31)18-35-22-9-11-23(12-10-22)37-26-7-3-1-5-24(26)30(34)25-6-2-4-8-27(25)37/h1-12,19-21H,13-18H2/q+1. The first-order chi connectivity index (χ1) is 18.0. The number of rotatable bonds is 5. The average molecular weight is 512 g/mol. The molecule has 4 aromatic rings. The van der Waals surface area contributed by atoms with E-state index in [1.54, 1.807) is 0 Å². The molecule has 8 rings (SSSR count). The van der Waals surface area contributed by atoms with Crippen molar-refractivity contribution in [2.24, 2.45) is 17.8 Å². The Labute approximate surface area is 217 Å². The van der Waals surface area contributed by atoms with Gasteiger partial charge in [-0.05, 0) is 74.4 Å². The number of Topliss-reactive ketones (excluding diaryl/α,β-unsaturated/α-hetero) is 1. The molecule has 2 atom stereocenters. The molecular formula is C31H27O5S+. The van der Waals surface area contributed by atoms with Gasteiger partial charge in [0.2, 0.25) is 5.43 Å². The summed E-state index contributed by atoms with van der Waals surface area (Å²) >= 11 is 0. The Morgan fingerprint density at radius 2 is 1.41 bits per heavy atom. The lowest BCUT2D eigenvalue weighted by atomic mass is 9.53. The van der Waals surface area contributed by atoms with Gasteiger partial charge in [0.25, 0.3) is 0 Å². The number of ether oxygens (including phenoxy) is 2. The van der Waals surface area contributed by atoms with Crippen molar-refractivity contribution >= 4 is 42.4 Å². The van der Waals surface area contributed by atoms with E-state index in [1.165, 1.54) is 0 Å². The van der Waals surface area contributed by atoms with E-state index in [0.717, 1.165) is 44.3 Å². The molecule has 5 nitrogen and oxygen atoms in total. The van der Waals surface area contributed by atoms with Gasteiger partial charge in [-0.15, -0.1) is 0 Å². The van der Waals surface area contributed by atoms with Crippen LogP contribution in [0.1, 0.15) is 32.1 Å². The lowest BCUT2D eigenvalue weighted by molar-refractivity contribution is -0.190. The second-order valence-corrected chi connectivity index (χ2v) is 12.8. The Hall–Kier alpha value is -3.51. The Bertz CT molecular complexity index is 1540. The van der Waals surface area contributed by atoms with E-state index >= 15 is 0 Å². The van der Waals surface area contributed by atoms with Crippen LogP contribution in [0.15, 0.2) is 77.6 Å². The summed E-state index contributed by atoms with van der Waals surface area (Å²) in [7, 11) is -0.406. The SMILES string of the molecule is O=C(COc1ccc(-[s+]2c3ccccc3c(=O)c3ccccc32)cc1)OC12CC3CC(C1)C(=O)C(C3)C2. The number of hydrogen-bond donors (Lipinski definition) is 0. The quantitative estimate of drug-likeness (QED) is 0.182. The summed E-state index contributed by atoms with van der Waals surface area (Å²) in [6.07, 6.45) is 4.14. The minimum atomic E-state index is -0.477. The van der Waals surface area contributed by atoms with Crippen LogP contribution in [0.4, 0.5) is 0 Å². The maximum atomic E-state index is 13.1. The zero-order valence-corrected chi connectivity index (χ0v) is 21.2. The maximum Gasteiger partial charge on any atom is 0.344 e. The zero-order chi connectivity index (χ0) is 25.1. The average Bonchev–Trinajstić information content (AvgIpc) is 2.91. The smallest absolute Gasteiger partial charge is 0.344 e. The monoisotopic (exact) mass is 511 g/mol. The van der Waals surface area contributed by atoms with Gasteiger partial charge in [0.05, 0.1) is 10.8 Å². The first-order valence-corrected chi connectivity index (χ1v) is 14.2. The molecule has 4 fully saturated rings. The molecule has 6 heteroatoms. The van der Waals surface area contributed by atoms with Crippen LogP contribution >= 0.6 is 10.5 Å². The van der Waals surface area contributed by atoms with Gasteiger partial charge in [0.15, 0.2) is 20.9 Å². The predicted octanol–water partition coefficient (Wildman–Crippen LogP) is 6.16. The van der Waals surface area contributed by atoms with Crippen molar-refractivity contribution < 1.29 is 19.1 Å². The third kappa shape index (κ3) is 3.77. The van der Waals surface area contributed by atoms with E-state index in [2.05, 4.69) is 0 Å². The van der Waals surface area contributed by atoms with E-state index in [0.29, 0.717) is 30.3 Å². The third-order valence-corrected chi connectivity index (χ3v) is 10.7. The van der Waals surface area contributed by atoms with Crippen LogP contribution in [-0.2, 0) is 14.3 Å². The second-order valence-electron chi connectivity index (χ2n) is 10.8. The molecule has 4 aliphatic carbocycles. The number of esters is 1. The minimum absolute atomic E-state index is 0.0665. The van der Waals surface area contributed by atoms with E-state index in [9.17, 15) is 14.4 Å². The van der Waals surface area contributed by atoms with E-state index in [1.807, 2.05) is 72.8 Å². The van der Waals surface area contributed by atoms with Gasteiger partial charge in [0, 0.05) is 34.4 Å². The van der Waals surface area contributed by atoms with E-state index < -0.39 is 16.1 Å². The Morgan fingerprint density at radius 3 is 2.03 bits per heavy atom. The molecule has 3 aromatic carbocycles. The third-order valence-electron chi connectivity index (χ3n) is 8.39. The van der Waals surface area contributed by atoms with Crippen molar-refractivity contribution in [1.29, 1.82) is 0 Å². The van der Waals surface area contributed by atoms with Gasteiger partial charge >= 0.3 is 5.97 Å². The first kappa shape index (κ1) is 22.7. The van der Waals surface area contributed by atoms with Crippen LogP contribution in [0.3, 0.4) is 0 Å². The Balaban J connectivity index is 1.10. The fourth-order valence-electron chi connectivity index (χ4n) is 7.07. The largest absolute Gasteiger partial charge is 0.482 e. The molecule has 2 unspecified atom stereocenters. The van der Waals surface area contributed by atoms with E-state index in [-0.39, 0.29) is 29.8 Å².